The third-order valence-electron chi connectivity index (χ3n) is 3.50. The Morgan fingerprint density at radius 3 is 2.67 bits per heavy atom. The van der Waals surface area contributed by atoms with E-state index in [1.807, 2.05) is 0 Å². The largest absolute Gasteiger partial charge is 0.336 e. The fourth-order valence-corrected chi connectivity index (χ4v) is 2.85. The van der Waals surface area contributed by atoms with Crippen LogP contribution >= 0.6 is 11.6 Å². The summed E-state index contributed by atoms with van der Waals surface area (Å²) in [6.45, 7) is 5.89. The Kier molecular flexibility index (Phi) is 3.82. The van der Waals surface area contributed by atoms with E-state index < -0.39 is 5.82 Å². The highest BCUT2D eigenvalue weighted by atomic mass is 35.5. The van der Waals surface area contributed by atoms with Crippen molar-refractivity contribution in [3.05, 3.63) is 29.0 Å². The lowest BCUT2D eigenvalue weighted by Crippen LogP contribution is -2.54. The molecule has 0 radical (unpaired) electrons. The lowest BCUT2D eigenvalue weighted by Gasteiger charge is -2.35. The van der Waals surface area contributed by atoms with Gasteiger partial charge in [-0.1, -0.05) is 11.6 Å². The molecule has 2 atom stereocenters. The summed E-state index contributed by atoms with van der Waals surface area (Å²) < 4.78 is 13.9. The van der Waals surface area contributed by atoms with E-state index in [1.165, 1.54) is 6.07 Å². The van der Waals surface area contributed by atoms with E-state index in [1.54, 1.807) is 12.1 Å². The molecule has 7 heteroatoms. The molecule has 0 aliphatic carbocycles. The maximum Gasteiger partial charge on any atom is 0.245 e. The zero-order chi connectivity index (χ0) is 15.0. The number of nitrogens with zero attached hydrogens (tertiary/aromatic N) is 3. The van der Waals surface area contributed by atoms with Crippen molar-refractivity contribution in [1.29, 1.82) is 0 Å². The molecule has 5 nitrogen and oxygen atoms in total. The van der Waals surface area contributed by atoms with Gasteiger partial charge >= 0.3 is 0 Å². The van der Waals surface area contributed by atoms with Crippen LogP contribution in [-0.4, -0.2) is 40.4 Å². The Hall–Kier alpha value is -1.66. The van der Waals surface area contributed by atoms with Gasteiger partial charge in [-0.15, -0.1) is 5.10 Å². The Balaban J connectivity index is 1.86. The second-order valence-electron chi connectivity index (χ2n) is 5.48. The van der Waals surface area contributed by atoms with E-state index in [4.69, 9.17) is 11.6 Å². The van der Waals surface area contributed by atoms with Crippen LogP contribution in [0.3, 0.4) is 0 Å². The molecule has 1 fully saturated rings. The molecule has 0 bridgehead atoms. The van der Waals surface area contributed by atoms with Crippen molar-refractivity contribution in [2.24, 2.45) is 0 Å². The Morgan fingerprint density at radius 2 is 2.00 bits per heavy atom. The average molecular weight is 310 g/mol. The fraction of sp³-hybridized carbons (Fsp3) is 0.429. The van der Waals surface area contributed by atoms with Crippen LogP contribution in [0.25, 0.3) is 11.4 Å². The SMILES string of the molecule is CC1CN(c2n[nH]c(-c3ccc(Cl)cc3F)n2)CC(C)N1. The molecule has 2 N–H and O–H groups in total. The minimum atomic E-state index is -0.410. The van der Waals surface area contributed by atoms with E-state index in [2.05, 4.69) is 39.2 Å². The quantitative estimate of drug-likeness (QED) is 0.894. The van der Waals surface area contributed by atoms with Gasteiger partial charge in [0, 0.05) is 30.2 Å². The Morgan fingerprint density at radius 1 is 1.29 bits per heavy atom. The number of nitrogens with one attached hydrogen (secondary N) is 2. The molecule has 0 spiro atoms. The maximum atomic E-state index is 13.9. The number of H-pyrrole nitrogens is 1. The van der Waals surface area contributed by atoms with Gasteiger partial charge in [-0.3, -0.25) is 5.10 Å². The molecule has 112 valence electrons. The van der Waals surface area contributed by atoms with Crippen molar-refractivity contribution in [3.63, 3.8) is 0 Å². The Bertz CT molecular complexity index is 634. The first-order valence-electron chi connectivity index (χ1n) is 6.92. The summed E-state index contributed by atoms with van der Waals surface area (Å²) in [6.07, 6.45) is 0. The van der Waals surface area contributed by atoms with Crippen LogP contribution in [0, 0.1) is 5.82 Å². The minimum absolute atomic E-state index is 0.362. The van der Waals surface area contributed by atoms with Crippen molar-refractivity contribution in [1.82, 2.24) is 20.5 Å². The van der Waals surface area contributed by atoms with Gasteiger partial charge in [-0.05, 0) is 32.0 Å². The molecule has 1 aromatic carbocycles. The van der Waals surface area contributed by atoms with Gasteiger partial charge in [0.2, 0.25) is 5.95 Å². The molecule has 3 rings (SSSR count). The lowest BCUT2D eigenvalue weighted by molar-refractivity contribution is 0.403. The number of hydrogen-bond acceptors (Lipinski definition) is 4. The molecule has 1 aliphatic heterocycles. The summed E-state index contributed by atoms with van der Waals surface area (Å²) in [5, 5.41) is 10.8. The zero-order valence-corrected chi connectivity index (χ0v) is 12.7. The van der Waals surface area contributed by atoms with Crippen LogP contribution in [-0.2, 0) is 0 Å². The predicted octanol–water partition coefficient (Wildman–Crippen LogP) is 2.45. The van der Waals surface area contributed by atoms with E-state index in [-0.39, 0.29) is 0 Å². The summed E-state index contributed by atoms with van der Waals surface area (Å²) in [6, 6.07) is 5.24. The molecule has 2 aromatic rings. The predicted molar refractivity (Wildman–Crippen MR) is 81.1 cm³/mol. The first-order valence-corrected chi connectivity index (χ1v) is 7.29. The number of anilines is 1. The second kappa shape index (κ2) is 5.61. The Labute approximate surface area is 127 Å². The van der Waals surface area contributed by atoms with Crippen molar-refractivity contribution in [2.45, 2.75) is 25.9 Å². The van der Waals surface area contributed by atoms with Gasteiger partial charge in [0.25, 0.3) is 0 Å². The van der Waals surface area contributed by atoms with Crippen LogP contribution in [0.4, 0.5) is 10.3 Å². The first-order chi connectivity index (χ1) is 10.0. The number of piperazine rings is 1. The van der Waals surface area contributed by atoms with E-state index >= 15 is 0 Å². The fourth-order valence-electron chi connectivity index (χ4n) is 2.69. The third kappa shape index (κ3) is 3.01. The molecule has 0 amide bonds. The van der Waals surface area contributed by atoms with Crippen molar-refractivity contribution < 1.29 is 4.39 Å². The van der Waals surface area contributed by atoms with Crippen LogP contribution in [0.15, 0.2) is 18.2 Å². The molecule has 21 heavy (non-hydrogen) atoms. The smallest absolute Gasteiger partial charge is 0.245 e. The van der Waals surface area contributed by atoms with Gasteiger partial charge in [0.15, 0.2) is 5.82 Å². The van der Waals surface area contributed by atoms with Gasteiger partial charge < -0.3 is 10.2 Å². The van der Waals surface area contributed by atoms with E-state index in [9.17, 15) is 4.39 Å². The third-order valence-corrected chi connectivity index (χ3v) is 3.74. The highest BCUT2D eigenvalue weighted by molar-refractivity contribution is 6.30. The van der Waals surface area contributed by atoms with Gasteiger partial charge in [0.05, 0.1) is 5.56 Å². The number of benzene rings is 1. The second-order valence-corrected chi connectivity index (χ2v) is 5.92. The number of aromatic amines is 1. The molecule has 1 aromatic heterocycles. The van der Waals surface area contributed by atoms with Crippen molar-refractivity contribution >= 4 is 17.5 Å². The minimum Gasteiger partial charge on any atom is -0.336 e. The van der Waals surface area contributed by atoms with Gasteiger partial charge in [0.1, 0.15) is 5.82 Å². The number of rotatable bonds is 2. The number of halogens is 2. The van der Waals surface area contributed by atoms with Crippen molar-refractivity contribution in [3.8, 4) is 11.4 Å². The molecule has 2 heterocycles. The summed E-state index contributed by atoms with van der Waals surface area (Å²) >= 11 is 5.76. The lowest BCUT2D eigenvalue weighted by atomic mass is 10.1. The van der Waals surface area contributed by atoms with Crippen LogP contribution in [0.5, 0.6) is 0 Å². The van der Waals surface area contributed by atoms with Gasteiger partial charge in [-0.2, -0.15) is 4.98 Å². The van der Waals surface area contributed by atoms with E-state index in [0.717, 1.165) is 13.1 Å². The molecule has 1 saturated heterocycles. The zero-order valence-electron chi connectivity index (χ0n) is 11.9. The van der Waals surface area contributed by atoms with Gasteiger partial charge in [-0.25, -0.2) is 4.39 Å². The molecule has 0 saturated carbocycles. The highest BCUT2D eigenvalue weighted by Crippen LogP contribution is 2.24. The summed E-state index contributed by atoms with van der Waals surface area (Å²) in [7, 11) is 0. The summed E-state index contributed by atoms with van der Waals surface area (Å²) in [4.78, 5) is 6.51. The van der Waals surface area contributed by atoms with Crippen LogP contribution in [0.2, 0.25) is 5.02 Å². The summed E-state index contributed by atoms with van der Waals surface area (Å²) in [5.74, 6) is 0.602. The molecule has 1 aliphatic rings. The average Bonchev–Trinajstić information content (AvgIpc) is 2.87. The molecule has 2 unspecified atom stereocenters. The topological polar surface area (TPSA) is 56.8 Å². The monoisotopic (exact) mass is 309 g/mol. The standard InChI is InChI=1S/C14H17ClFN5/c1-8-6-21(7-9(2)17-8)14-18-13(19-20-14)11-4-3-10(15)5-12(11)16/h3-5,8-9,17H,6-7H2,1-2H3,(H,18,19,20). The van der Waals surface area contributed by atoms with Crippen molar-refractivity contribution in [2.75, 3.05) is 18.0 Å². The highest BCUT2D eigenvalue weighted by Gasteiger charge is 2.24. The molecular formula is C14H17ClFN5. The maximum absolute atomic E-state index is 13.9. The summed E-state index contributed by atoms with van der Waals surface area (Å²) in [5.41, 5.74) is 0.370. The first kappa shape index (κ1) is 14.3. The molecular weight excluding hydrogens is 293 g/mol. The van der Waals surface area contributed by atoms with Crippen LogP contribution < -0.4 is 10.2 Å². The van der Waals surface area contributed by atoms with E-state index in [0.29, 0.717) is 34.4 Å². The number of hydrogen-bond donors (Lipinski definition) is 2. The van der Waals surface area contributed by atoms with Crippen LogP contribution in [0.1, 0.15) is 13.8 Å². The normalized spacial score (nSPS) is 22.6. The number of aromatic nitrogens is 3.